The number of carbonyl (C=O) groups excluding carboxylic acids is 2. The summed E-state index contributed by atoms with van der Waals surface area (Å²) in [7, 11) is -0.957. The predicted octanol–water partition coefficient (Wildman–Crippen LogP) is 4.15. The van der Waals surface area contributed by atoms with Crippen LogP contribution in [-0.4, -0.2) is 58.1 Å². The molecule has 202 valence electrons. The van der Waals surface area contributed by atoms with Gasteiger partial charge in [0.1, 0.15) is 18.3 Å². The lowest BCUT2D eigenvalue weighted by Crippen LogP contribution is -2.53. The SMILES string of the molecule is CNC(=O)[C@H](Cc1ccccc1)N(Cc1c(Cl)cccc1Cl)C(=O)CN(c1cccc(OC)c1)S(C)(=O)=O. The Labute approximate surface area is 233 Å². The fraction of sp³-hybridized carbons (Fsp3) is 0.259. The van der Waals surface area contributed by atoms with Gasteiger partial charge in [-0.3, -0.25) is 13.9 Å². The van der Waals surface area contributed by atoms with Crippen molar-refractivity contribution in [2.45, 2.75) is 19.0 Å². The molecule has 0 unspecified atom stereocenters. The number of nitrogens with zero attached hydrogens (tertiary/aromatic N) is 2. The quantitative estimate of drug-likeness (QED) is 0.369. The summed E-state index contributed by atoms with van der Waals surface area (Å²) >= 11 is 12.8. The Morgan fingerprint density at radius 1 is 0.974 bits per heavy atom. The van der Waals surface area contributed by atoms with Crippen LogP contribution in [0.4, 0.5) is 5.69 Å². The van der Waals surface area contributed by atoms with Crippen LogP contribution in [0.25, 0.3) is 0 Å². The zero-order valence-corrected chi connectivity index (χ0v) is 23.6. The molecule has 0 aliphatic rings. The Morgan fingerprint density at radius 3 is 2.18 bits per heavy atom. The van der Waals surface area contributed by atoms with Crippen molar-refractivity contribution in [3.8, 4) is 5.75 Å². The van der Waals surface area contributed by atoms with Crippen LogP contribution in [0.3, 0.4) is 0 Å². The minimum Gasteiger partial charge on any atom is -0.497 e. The number of likely N-dealkylation sites (N-methyl/N-ethyl adjacent to an activating group) is 1. The Hall–Kier alpha value is -3.27. The maximum Gasteiger partial charge on any atom is 0.244 e. The number of halogens is 2. The van der Waals surface area contributed by atoms with E-state index in [2.05, 4.69) is 5.32 Å². The second kappa shape index (κ2) is 13.0. The maximum absolute atomic E-state index is 13.9. The van der Waals surface area contributed by atoms with Crippen LogP contribution in [0.1, 0.15) is 11.1 Å². The zero-order valence-electron chi connectivity index (χ0n) is 21.2. The second-order valence-corrected chi connectivity index (χ2v) is 11.2. The van der Waals surface area contributed by atoms with E-state index in [4.69, 9.17) is 27.9 Å². The van der Waals surface area contributed by atoms with Crippen LogP contribution < -0.4 is 14.4 Å². The number of rotatable bonds is 11. The van der Waals surface area contributed by atoms with Crippen molar-refractivity contribution < 1.29 is 22.7 Å². The third-order valence-electron chi connectivity index (χ3n) is 5.93. The Bertz CT molecular complexity index is 1370. The molecule has 0 aliphatic carbocycles. The Morgan fingerprint density at radius 2 is 1.61 bits per heavy atom. The van der Waals surface area contributed by atoms with Gasteiger partial charge in [-0.2, -0.15) is 0 Å². The van der Waals surface area contributed by atoms with Crippen molar-refractivity contribution >= 4 is 50.7 Å². The first-order chi connectivity index (χ1) is 18.0. The highest BCUT2D eigenvalue weighted by atomic mass is 35.5. The molecule has 0 saturated heterocycles. The smallest absolute Gasteiger partial charge is 0.244 e. The lowest BCUT2D eigenvalue weighted by atomic mass is 10.0. The molecule has 0 bridgehead atoms. The molecule has 3 aromatic rings. The topological polar surface area (TPSA) is 96.0 Å². The number of nitrogens with one attached hydrogen (secondary N) is 1. The minimum atomic E-state index is -3.89. The van der Waals surface area contributed by atoms with E-state index in [1.807, 2.05) is 30.3 Å². The average molecular weight is 579 g/mol. The average Bonchev–Trinajstić information content (AvgIpc) is 2.90. The molecule has 11 heteroatoms. The number of carbonyl (C=O) groups is 2. The fourth-order valence-corrected chi connectivity index (χ4v) is 5.31. The third kappa shape index (κ3) is 7.40. The van der Waals surface area contributed by atoms with Gasteiger partial charge in [0.2, 0.25) is 21.8 Å². The number of sulfonamides is 1. The van der Waals surface area contributed by atoms with E-state index in [9.17, 15) is 18.0 Å². The molecule has 1 N–H and O–H groups in total. The lowest BCUT2D eigenvalue weighted by Gasteiger charge is -2.33. The molecule has 0 radical (unpaired) electrons. The van der Waals surface area contributed by atoms with Crippen LogP contribution >= 0.6 is 23.2 Å². The molecule has 1 atom stereocenters. The van der Waals surface area contributed by atoms with Gasteiger partial charge in [-0.1, -0.05) is 65.7 Å². The second-order valence-electron chi connectivity index (χ2n) is 8.51. The molecular weight excluding hydrogens is 549 g/mol. The van der Waals surface area contributed by atoms with Crippen molar-refractivity contribution in [2.24, 2.45) is 0 Å². The van der Waals surface area contributed by atoms with Crippen molar-refractivity contribution in [1.82, 2.24) is 10.2 Å². The Kier molecular flexibility index (Phi) is 10.0. The third-order valence-corrected chi connectivity index (χ3v) is 7.78. The first-order valence-corrected chi connectivity index (χ1v) is 14.2. The van der Waals surface area contributed by atoms with E-state index in [1.165, 1.54) is 25.1 Å². The number of ether oxygens (including phenoxy) is 1. The van der Waals surface area contributed by atoms with E-state index in [0.717, 1.165) is 16.1 Å². The molecule has 2 amide bonds. The summed E-state index contributed by atoms with van der Waals surface area (Å²) in [5.74, 6) is -0.605. The molecule has 8 nitrogen and oxygen atoms in total. The lowest BCUT2D eigenvalue weighted by molar-refractivity contribution is -0.139. The van der Waals surface area contributed by atoms with Crippen LogP contribution in [-0.2, 0) is 32.6 Å². The standard InChI is InChI=1S/C27H29Cl2N3O5S/c1-30-27(34)25(15-19-9-5-4-6-10-19)31(17-22-23(28)13-8-14-24(22)29)26(33)18-32(38(3,35)36)20-11-7-12-21(16-20)37-2/h4-14,16,25H,15,17-18H2,1-3H3,(H,30,34)/t25-/m0/s1. The highest BCUT2D eigenvalue weighted by molar-refractivity contribution is 7.92. The van der Waals surface area contributed by atoms with E-state index in [1.54, 1.807) is 36.4 Å². The number of hydrogen-bond donors (Lipinski definition) is 1. The monoisotopic (exact) mass is 577 g/mol. The predicted molar refractivity (Wildman–Crippen MR) is 150 cm³/mol. The highest BCUT2D eigenvalue weighted by Gasteiger charge is 2.33. The minimum absolute atomic E-state index is 0.113. The first kappa shape index (κ1) is 29.3. The highest BCUT2D eigenvalue weighted by Crippen LogP contribution is 2.28. The largest absolute Gasteiger partial charge is 0.497 e. The van der Waals surface area contributed by atoms with Gasteiger partial charge in [0, 0.05) is 41.7 Å². The number of amides is 2. The van der Waals surface area contributed by atoms with E-state index in [0.29, 0.717) is 21.4 Å². The summed E-state index contributed by atoms with van der Waals surface area (Å²) in [6, 6.07) is 19.6. The van der Waals surface area contributed by atoms with Gasteiger partial charge in [-0.25, -0.2) is 8.42 Å². The molecule has 0 aromatic heterocycles. The first-order valence-electron chi connectivity index (χ1n) is 11.6. The Balaban J connectivity index is 2.07. The van der Waals surface area contributed by atoms with Crippen molar-refractivity contribution in [3.05, 3.63) is 94.0 Å². The molecule has 0 spiro atoms. The maximum atomic E-state index is 13.9. The molecular formula is C27H29Cl2N3O5S. The molecule has 0 fully saturated rings. The summed E-state index contributed by atoms with van der Waals surface area (Å²) < 4.78 is 31.8. The van der Waals surface area contributed by atoms with E-state index >= 15 is 0 Å². The summed E-state index contributed by atoms with van der Waals surface area (Å²) in [4.78, 5) is 28.4. The van der Waals surface area contributed by atoms with Gasteiger partial charge in [-0.15, -0.1) is 0 Å². The van der Waals surface area contributed by atoms with Gasteiger partial charge in [0.25, 0.3) is 0 Å². The molecule has 0 saturated carbocycles. The van der Waals surface area contributed by atoms with Crippen LogP contribution in [0.15, 0.2) is 72.8 Å². The van der Waals surface area contributed by atoms with E-state index < -0.39 is 34.4 Å². The number of hydrogen-bond acceptors (Lipinski definition) is 5. The normalized spacial score (nSPS) is 11.9. The molecule has 0 aliphatic heterocycles. The van der Waals surface area contributed by atoms with Crippen LogP contribution in [0.2, 0.25) is 10.0 Å². The molecule has 3 rings (SSSR count). The van der Waals surface area contributed by atoms with Gasteiger partial charge in [0.05, 0.1) is 19.1 Å². The van der Waals surface area contributed by atoms with Crippen molar-refractivity contribution in [1.29, 1.82) is 0 Å². The zero-order chi connectivity index (χ0) is 27.9. The summed E-state index contributed by atoms with van der Waals surface area (Å²) in [6.07, 6.45) is 1.20. The number of methoxy groups -OCH3 is 1. The number of anilines is 1. The van der Waals surface area contributed by atoms with Crippen molar-refractivity contribution in [3.63, 3.8) is 0 Å². The molecule has 0 heterocycles. The summed E-state index contributed by atoms with van der Waals surface area (Å²) in [5.41, 5.74) is 1.51. The van der Waals surface area contributed by atoms with Crippen LogP contribution in [0.5, 0.6) is 5.75 Å². The van der Waals surface area contributed by atoms with Gasteiger partial charge >= 0.3 is 0 Å². The fourth-order valence-electron chi connectivity index (χ4n) is 3.95. The summed E-state index contributed by atoms with van der Waals surface area (Å²) in [6.45, 7) is -0.672. The van der Waals surface area contributed by atoms with Crippen LogP contribution in [0, 0.1) is 0 Å². The van der Waals surface area contributed by atoms with Gasteiger partial charge < -0.3 is 15.0 Å². The van der Waals surface area contributed by atoms with Crippen molar-refractivity contribution in [2.75, 3.05) is 31.3 Å². The van der Waals surface area contributed by atoms with E-state index in [-0.39, 0.29) is 18.7 Å². The summed E-state index contributed by atoms with van der Waals surface area (Å²) in [5, 5.41) is 3.25. The van der Waals surface area contributed by atoms with Gasteiger partial charge in [-0.05, 0) is 29.8 Å². The molecule has 38 heavy (non-hydrogen) atoms. The van der Waals surface area contributed by atoms with Gasteiger partial charge in [0.15, 0.2) is 0 Å². The number of benzene rings is 3. The molecule has 3 aromatic carbocycles.